The second-order valence-corrected chi connectivity index (χ2v) is 6.63. The van der Waals surface area contributed by atoms with Crippen LogP contribution in [0, 0.1) is 6.92 Å². The van der Waals surface area contributed by atoms with Crippen molar-refractivity contribution in [3.63, 3.8) is 0 Å². The van der Waals surface area contributed by atoms with Crippen molar-refractivity contribution < 1.29 is 14.3 Å². The first kappa shape index (κ1) is 21.4. The van der Waals surface area contributed by atoms with Gasteiger partial charge in [0.2, 0.25) is 11.8 Å². The third-order valence-corrected chi connectivity index (χ3v) is 4.20. The molecule has 0 unspecified atom stereocenters. The number of halogens is 1. The van der Waals surface area contributed by atoms with Crippen molar-refractivity contribution in [1.82, 2.24) is 5.43 Å². The van der Waals surface area contributed by atoms with Gasteiger partial charge >= 0.3 is 0 Å². The minimum Gasteiger partial charge on any atom is -0.494 e. The van der Waals surface area contributed by atoms with Crippen LogP contribution in [0.15, 0.2) is 47.6 Å². The molecule has 2 amide bonds. The van der Waals surface area contributed by atoms with E-state index in [9.17, 15) is 9.59 Å². The summed E-state index contributed by atoms with van der Waals surface area (Å²) in [5.41, 5.74) is 4.78. The first-order chi connectivity index (χ1) is 13.5. The molecule has 2 rings (SSSR count). The number of hydrogen-bond donors (Lipinski definition) is 2. The van der Waals surface area contributed by atoms with Crippen molar-refractivity contribution in [2.75, 3.05) is 11.9 Å². The van der Waals surface area contributed by atoms with Crippen LogP contribution in [0.2, 0.25) is 5.02 Å². The van der Waals surface area contributed by atoms with Crippen LogP contribution in [0.1, 0.15) is 37.3 Å². The fraction of sp³-hybridized carbons (Fsp3) is 0.286. The van der Waals surface area contributed by atoms with Crippen molar-refractivity contribution in [3.8, 4) is 5.75 Å². The van der Waals surface area contributed by atoms with Gasteiger partial charge in [-0.05, 0) is 60.9 Å². The number of hydrazone groups is 1. The fourth-order valence-electron chi connectivity index (χ4n) is 2.23. The van der Waals surface area contributed by atoms with Gasteiger partial charge in [-0.25, -0.2) is 5.43 Å². The minimum atomic E-state index is -0.337. The van der Waals surface area contributed by atoms with Gasteiger partial charge in [0.05, 0.1) is 12.8 Å². The fourth-order valence-corrected chi connectivity index (χ4v) is 2.41. The molecule has 0 aliphatic heterocycles. The number of rotatable bonds is 9. The van der Waals surface area contributed by atoms with Crippen molar-refractivity contribution in [2.45, 2.75) is 33.1 Å². The molecule has 0 atom stereocenters. The Hall–Kier alpha value is -2.86. The molecule has 6 nitrogen and oxygen atoms in total. The van der Waals surface area contributed by atoms with Crippen LogP contribution < -0.4 is 15.5 Å². The SMILES string of the molecule is CCCOc1ccc(C=NNC(=O)CCC(=O)Nc2ccc(C)c(Cl)c2)cc1. The summed E-state index contributed by atoms with van der Waals surface area (Å²) in [4.78, 5) is 23.7. The maximum Gasteiger partial charge on any atom is 0.240 e. The summed E-state index contributed by atoms with van der Waals surface area (Å²) < 4.78 is 5.50. The number of anilines is 1. The molecule has 0 radical (unpaired) electrons. The zero-order chi connectivity index (χ0) is 20.4. The Morgan fingerprint density at radius 1 is 1.11 bits per heavy atom. The zero-order valence-corrected chi connectivity index (χ0v) is 16.8. The summed E-state index contributed by atoms with van der Waals surface area (Å²) in [6, 6.07) is 12.7. The molecule has 2 aromatic carbocycles. The smallest absolute Gasteiger partial charge is 0.240 e. The van der Waals surface area contributed by atoms with Crippen molar-refractivity contribution in [3.05, 3.63) is 58.6 Å². The molecular formula is C21H24ClN3O3. The van der Waals surface area contributed by atoms with Gasteiger partial charge in [0, 0.05) is 23.6 Å². The Morgan fingerprint density at radius 2 is 1.82 bits per heavy atom. The molecular weight excluding hydrogens is 378 g/mol. The highest BCUT2D eigenvalue weighted by atomic mass is 35.5. The van der Waals surface area contributed by atoms with Crippen molar-refractivity contribution in [1.29, 1.82) is 0 Å². The summed E-state index contributed by atoms with van der Waals surface area (Å²) >= 11 is 6.03. The van der Waals surface area contributed by atoms with Crippen LogP contribution >= 0.6 is 11.6 Å². The van der Waals surface area contributed by atoms with Crippen molar-refractivity contribution in [2.24, 2.45) is 5.10 Å². The van der Waals surface area contributed by atoms with Gasteiger partial charge in [-0.1, -0.05) is 24.6 Å². The highest BCUT2D eigenvalue weighted by molar-refractivity contribution is 6.31. The summed E-state index contributed by atoms with van der Waals surface area (Å²) in [7, 11) is 0. The molecule has 2 aromatic rings. The van der Waals surface area contributed by atoms with Crippen LogP contribution in [-0.2, 0) is 9.59 Å². The largest absolute Gasteiger partial charge is 0.494 e. The highest BCUT2D eigenvalue weighted by Gasteiger charge is 2.07. The lowest BCUT2D eigenvalue weighted by Gasteiger charge is -2.06. The Balaban J connectivity index is 1.72. The number of hydrogen-bond acceptors (Lipinski definition) is 4. The number of aryl methyl sites for hydroxylation is 1. The predicted octanol–water partition coefficient (Wildman–Crippen LogP) is 4.31. The molecule has 0 saturated carbocycles. The second-order valence-electron chi connectivity index (χ2n) is 6.22. The summed E-state index contributed by atoms with van der Waals surface area (Å²) in [6.07, 6.45) is 2.57. The average molecular weight is 402 g/mol. The van der Waals surface area contributed by atoms with E-state index < -0.39 is 0 Å². The molecule has 0 aliphatic carbocycles. The first-order valence-corrected chi connectivity index (χ1v) is 9.46. The van der Waals surface area contributed by atoms with E-state index in [-0.39, 0.29) is 24.7 Å². The van der Waals surface area contributed by atoms with E-state index in [1.54, 1.807) is 12.1 Å². The van der Waals surface area contributed by atoms with Gasteiger partial charge in [-0.2, -0.15) is 5.10 Å². The van der Waals surface area contributed by atoms with Gasteiger partial charge in [0.25, 0.3) is 0 Å². The zero-order valence-electron chi connectivity index (χ0n) is 16.0. The van der Waals surface area contributed by atoms with E-state index in [0.717, 1.165) is 23.3 Å². The van der Waals surface area contributed by atoms with Gasteiger partial charge in [0.15, 0.2) is 0 Å². The highest BCUT2D eigenvalue weighted by Crippen LogP contribution is 2.20. The third-order valence-electron chi connectivity index (χ3n) is 3.79. The van der Waals surface area contributed by atoms with E-state index in [1.165, 1.54) is 6.21 Å². The molecule has 0 aliphatic rings. The van der Waals surface area contributed by atoms with Crippen LogP contribution in [-0.4, -0.2) is 24.6 Å². The molecule has 0 heterocycles. The summed E-state index contributed by atoms with van der Waals surface area (Å²) in [5, 5.41) is 7.19. The third kappa shape index (κ3) is 7.40. The quantitative estimate of drug-likeness (QED) is 0.485. The Labute approximate surface area is 169 Å². The monoisotopic (exact) mass is 401 g/mol. The molecule has 0 saturated heterocycles. The molecule has 0 spiro atoms. The minimum absolute atomic E-state index is 0.0343. The van der Waals surface area contributed by atoms with Crippen LogP contribution in [0.25, 0.3) is 0 Å². The summed E-state index contributed by atoms with van der Waals surface area (Å²) in [5.74, 6) is 0.196. The van der Waals surface area contributed by atoms with E-state index in [1.807, 2.05) is 44.2 Å². The number of benzene rings is 2. The standard InChI is InChI=1S/C21H24ClN3O3/c1-3-12-28-18-8-5-16(6-9-18)14-23-25-21(27)11-10-20(26)24-17-7-4-15(2)19(22)13-17/h4-9,13-14H,3,10-12H2,1-2H3,(H,24,26)(H,25,27). The number of carbonyl (C=O) groups excluding carboxylic acids is 2. The van der Waals surface area contributed by atoms with Gasteiger partial charge in [-0.3, -0.25) is 9.59 Å². The van der Waals surface area contributed by atoms with Gasteiger partial charge in [-0.15, -0.1) is 0 Å². The Bertz CT molecular complexity index is 835. The number of amides is 2. The maximum atomic E-state index is 11.9. The molecule has 0 bridgehead atoms. The number of nitrogens with zero attached hydrogens (tertiary/aromatic N) is 1. The lowest BCUT2D eigenvalue weighted by atomic mass is 10.2. The van der Waals surface area contributed by atoms with E-state index >= 15 is 0 Å². The molecule has 0 fully saturated rings. The van der Waals surface area contributed by atoms with Crippen LogP contribution in [0.3, 0.4) is 0 Å². The van der Waals surface area contributed by atoms with Crippen LogP contribution in [0.4, 0.5) is 5.69 Å². The lowest BCUT2D eigenvalue weighted by molar-refractivity contribution is -0.124. The number of nitrogens with one attached hydrogen (secondary N) is 2. The molecule has 148 valence electrons. The summed E-state index contributed by atoms with van der Waals surface area (Å²) in [6.45, 7) is 4.60. The average Bonchev–Trinajstić information content (AvgIpc) is 2.68. The maximum absolute atomic E-state index is 11.9. The topological polar surface area (TPSA) is 79.8 Å². The molecule has 2 N–H and O–H groups in total. The van der Waals surface area contributed by atoms with Gasteiger partial charge in [0.1, 0.15) is 5.75 Å². The first-order valence-electron chi connectivity index (χ1n) is 9.08. The normalized spacial score (nSPS) is 10.7. The molecule has 28 heavy (non-hydrogen) atoms. The van der Waals surface area contributed by atoms with E-state index in [4.69, 9.17) is 16.3 Å². The van der Waals surface area contributed by atoms with Crippen molar-refractivity contribution >= 4 is 35.3 Å². The van der Waals surface area contributed by atoms with E-state index in [0.29, 0.717) is 17.3 Å². The predicted molar refractivity (Wildman–Crippen MR) is 112 cm³/mol. The van der Waals surface area contributed by atoms with E-state index in [2.05, 4.69) is 15.8 Å². The number of carbonyl (C=O) groups is 2. The Kier molecular flexibility index (Phi) is 8.49. The second kappa shape index (κ2) is 11.1. The number of ether oxygens (including phenoxy) is 1. The lowest BCUT2D eigenvalue weighted by Crippen LogP contribution is -2.20. The Morgan fingerprint density at radius 3 is 2.50 bits per heavy atom. The van der Waals surface area contributed by atoms with Crippen LogP contribution in [0.5, 0.6) is 5.75 Å². The van der Waals surface area contributed by atoms with Gasteiger partial charge < -0.3 is 10.1 Å². The molecule has 7 heteroatoms. The molecule has 0 aromatic heterocycles.